The summed E-state index contributed by atoms with van der Waals surface area (Å²) in [5.74, 6) is -0.634. The zero-order valence-electron chi connectivity index (χ0n) is 16.8. The number of rotatable bonds is 6. The maximum absolute atomic E-state index is 14.3. The van der Waals surface area contributed by atoms with Gasteiger partial charge < -0.3 is 14.4 Å². The first-order valence-corrected chi connectivity index (χ1v) is 9.96. The lowest BCUT2D eigenvalue weighted by molar-refractivity contribution is 0.00695. The quantitative estimate of drug-likeness (QED) is 0.493. The second kappa shape index (κ2) is 8.61. The van der Waals surface area contributed by atoms with Crippen molar-refractivity contribution in [2.24, 2.45) is 0 Å². The van der Waals surface area contributed by atoms with Crippen molar-refractivity contribution in [3.8, 4) is 5.75 Å². The Balaban J connectivity index is 1.92. The van der Waals surface area contributed by atoms with Crippen LogP contribution in [0.2, 0.25) is 0 Å². The highest BCUT2D eigenvalue weighted by Crippen LogP contribution is 2.32. The smallest absolute Gasteiger partial charge is 0.338 e. The fourth-order valence-electron chi connectivity index (χ4n) is 2.75. The molecule has 2 aromatic carbocycles. The SMILES string of the molecule is COc1ccc(N(Cc2cncs2)c2ccc(C(=O)OC(C)(C)C)cc2)cc1F. The molecule has 0 radical (unpaired) electrons. The van der Waals surface area contributed by atoms with E-state index in [4.69, 9.17) is 9.47 Å². The normalized spacial score (nSPS) is 11.2. The largest absolute Gasteiger partial charge is 0.494 e. The number of aromatic nitrogens is 1. The number of esters is 1. The molecule has 0 aliphatic rings. The number of halogens is 1. The van der Waals surface area contributed by atoms with Crippen molar-refractivity contribution in [2.75, 3.05) is 12.0 Å². The number of carbonyl (C=O) groups is 1. The summed E-state index contributed by atoms with van der Waals surface area (Å²) in [7, 11) is 1.43. The van der Waals surface area contributed by atoms with Gasteiger partial charge in [0.15, 0.2) is 11.6 Å². The maximum Gasteiger partial charge on any atom is 0.338 e. The summed E-state index contributed by atoms with van der Waals surface area (Å²) in [6.45, 7) is 6.00. The number of ether oxygens (including phenoxy) is 2. The Hall–Kier alpha value is -2.93. The molecular formula is C22H23FN2O3S. The van der Waals surface area contributed by atoms with Gasteiger partial charge >= 0.3 is 5.97 Å². The molecule has 0 bridgehead atoms. The van der Waals surface area contributed by atoms with Gasteiger partial charge in [-0.05, 0) is 57.2 Å². The summed E-state index contributed by atoms with van der Waals surface area (Å²) in [5, 5.41) is 0. The molecule has 0 atom stereocenters. The van der Waals surface area contributed by atoms with Crippen molar-refractivity contribution in [1.29, 1.82) is 0 Å². The van der Waals surface area contributed by atoms with Crippen LogP contribution in [0.15, 0.2) is 54.2 Å². The summed E-state index contributed by atoms with van der Waals surface area (Å²) < 4.78 is 24.7. The van der Waals surface area contributed by atoms with Crippen molar-refractivity contribution < 1.29 is 18.7 Å². The monoisotopic (exact) mass is 414 g/mol. The first-order valence-electron chi connectivity index (χ1n) is 9.09. The second-order valence-electron chi connectivity index (χ2n) is 7.42. The first-order chi connectivity index (χ1) is 13.8. The number of benzene rings is 2. The Morgan fingerprint density at radius 3 is 2.38 bits per heavy atom. The first kappa shape index (κ1) is 20.8. The minimum Gasteiger partial charge on any atom is -0.494 e. The second-order valence-corrected chi connectivity index (χ2v) is 8.39. The van der Waals surface area contributed by atoms with Crippen LogP contribution in [0, 0.1) is 5.82 Å². The van der Waals surface area contributed by atoms with Crippen LogP contribution in [0.4, 0.5) is 15.8 Å². The zero-order valence-corrected chi connectivity index (χ0v) is 17.6. The van der Waals surface area contributed by atoms with E-state index in [2.05, 4.69) is 4.98 Å². The zero-order chi connectivity index (χ0) is 21.0. The van der Waals surface area contributed by atoms with Crippen LogP contribution >= 0.6 is 11.3 Å². The van der Waals surface area contributed by atoms with E-state index in [1.165, 1.54) is 24.5 Å². The lowest BCUT2D eigenvalue weighted by Gasteiger charge is -2.25. The van der Waals surface area contributed by atoms with Gasteiger partial charge in [-0.25, -0.2) is 9.18 Å². The molecule has 152 valence electrons. The molecule has 3 aromatic rings. The van der Waals surface area contributed by atoms with Crippen molar-refractivity contribution in [1.82, 2.24) is 4.98 Å². The lowest BCUT2D eigenvalue weighted by Crippen LogP contribution is -2.24. The van der Waals surface area contributed by atoms with Crippen LogP contribution in [0.1, 0.15) is 36.0 Å². The molecule has 5 nitrogen and oxygen atoms in total. The van der Waals surface area contributed by atoms with Crippen molar-refractivity contribution in [3.05, 3.63) is 70.4 Å². The molecular weight excluding hydrogens is 391 g/mol. The number of hydrogen-bond donors (Lipinski definition) is 0. The summed E-state index contributed by atoms with van der Waals surface area (Å²) in [6, 6.07) is 11.9. The highest BCUT2D eigenvalue weighted by molar-refractivity contribution is 7.09. The van der Waals surface area contributed by atoms with E-state index >= 15 is 0 Å². The van der Waals surface area contributed by atoms with E-state index in [0.29, 0.717) is 17.8 Å². The van der Waals surface area contributed by atoms with Crippen LogP contribution in [-0.4, -0.2) is 23.7 Å². The third-order valence-electron chi connectivity index (χ3n) is 4.06. The van der Waals surface area contributed by atoms with Gasteiger partial charge in [0.05, 0.1) is 24.7 Å². The van der Waals surface area contributed by atoms with E-state index in [0.717, 1.165) is 10.6 Å². The maximum atomic E-state index is 14.3. The topological polar surface area (TPSA) is 51.7 Å². The predicted molar refractivity (Wildman–Crippen MR) is 113 cm³/mol. The van der Waals surface area contributed by atoms with Crippen LogP contribution in [0.25, 0.3) is 0 Å². The Morgan fingerprint density at radius 2 is 1.83 bits per heavy atom. The van der Waals surface area contributed by atoms with Gasteiger partial charge in [-0.3, -0.25) is 4.98 Å². The third kappa shape index (κ3) is 5.32. The van der Waals surface area contributed by atoms with Gasteiger partial charge in [-0.2, -0.15) is 0 Å². The fraction of sp³-hybridized carbons (Fsp3) is 0.273. The van der Waals surface area contributed by atoms with E-state index in [1.54, 1.807) is 36.0 Å². The number of anilines is 2. The van der Waals surface area contributed by atoms with Crippen molar-refractivity contribution >= 4 is 28.7 Å². The minimum atomic E-state index is -0.561. The van der Waals surface area contributed by atoms with Crippen molar-refractivity contribution in [3.63, 3.8) is 0 Å². The summed E-state index contributed by atoms with van der Waals surface area (Å²) in [6.07, 6.45) is 1.78. The highest BCUT2D eigenvalue weighted by atomic mass is 32.1. The fourth-order valence-corrected chi connectivity index (χ4v) is 3.33. The molecule has 0 saturated heterocycles. The van der Waals surface area contributed by atoms with E-state index in [-0.39, 0.29) is 11.7 Å². The molecule has 0 spiro atoms. The molecule has 0 amide bonds. The number of nitrogens with zero attached hydrogens (tertiary/aromatic N) is 2. The van der Waals surface area contributed by atoms with Gasteiger partial charge in [-0.15, -0.1) is 11.3 Å². The molecule has 0 fully saturated rings. The number of thiazole rings is 1. The molecule has 29 heavy (non-hydrogen) atoms. The molecule has 0 unspecified atom stereocenters. The Labute approximate surface area is 173 Å². The van der Waals surface area contributed by atoms with Gasteiger partial charge in [0.2, 0.25) is 0 Å². The number of carbonyl (C=O) groups excluding carboxylic acids is 1. The molecule has 3 rings (SSSR count). The summed E-state index contributed by atoms with van der Waals surface area (Å²) in [4.78, 5) is 19.4. The third-order valence-corrected chi connectivity index (χ3v) is 4.82. The van der Waals surface area contributed by atoms with Crippen molar-refractivity contribution in [2.45, 2.75) is 32.9 Å². The Kier molecular flexibility index (Phi) is 6.17. The van der Waals surface area contributed by atoms with Crippen LogP contribution in [0.5, 0.6) is 5.75 Å². The van der Waals surface area contributed by atoms with Gasteiger partial charge in [-0.1, -0.05) is 0 Å². The van der Waals surface area contributed by atoms with E-state index in [9.17, 15) is 9.18 Å². The molecule has 0 aliphatic heterocycles. The molecule has 7 heteroatoms. The minimum absolute atomic E-state index is 0.187. The summed E-state index contributed by atoms with van der Waals surface area (Å²) in [5.41, 5.74) is 3.14. The standard InChI is InChI=1S/C22H23FN2O3S/c1-22(2,3)28-21(26)15-5-7-16(8-6-15)25(13-18-12-24-14-29-18)17-9-10-20(27-4)19(23)11-17/h5-12,14H,13H2,1-4H3. The highest BCUT2D eigenvalue weighted by Gasteiger charge is 2.19. The summed E-state index contributed by atoms with van der Waals surface area (Å²) >= 11 is 1.52. The molecule has 0 N–H and O–H groups in total. The Bertz CT molecular complexity index is 967. The molecule has 1 aromatic heterocycles. The Morgan fingerprint density at radius 1 is 1.14 bits per heavy atom. The van der Waals surface area contributed by atoms with E-state index < -0.39 is 11.4 Å². The molecule has 1 heterocycles. The van der Waals surface area contributed by atoms with E-state index in [1.807, 2.05) is 37.8 Å². The van der Waals surface area contributed by atoms with Crippen LogP contribution in [0.3, 0.4) is 0 Å². The van der Waals surface area contributed by atoms with Crippen LogP contribution < -0.4 is 9.64 Å². The predicted octanol–water partition coefficient (Wildman–Crippen LogP) is 5.58. The average Bonchev–Trinajstić information content (AvgIpc) is 3.18. The lowest BCUT2D eigenvalue weighted by atomic mass is 10.1. The van der Waals surface area contributed by atoms with Crippen LogP contribution in [-0.2, 0) is 11.3 Å². The number of methoxy groups -OCH3 is 1. The molecule has 0 saturated carbocycles. The number of hydrogen-bond acceptors (Lipinski definition) is 6. The average molecular weight is 415 g/mol. The molecule has 0 aliphatic carbocycles. The van der Waals surface area contributed by atoms with Gasteiger partial charge in [0.25, 0.3) is 0 Å². The van der Waals surface area contributed by atoms with Gasteiger partial charge in [0, 0.05) is 28.5 Å². The van der Waals surface area contributed by atoms with Gasteiger partial charge in [0.1, 0.15) is 5.60 Å².